The van der Waals surface area contributed by atoms with Crippen molar-refractivity contribution in [3.05, 3.63) is 63.4 Å². The summed E-state index contributed by atoms with van der Waals surface area (Å²) in [5.74, 6) is 0. The van der Waals surface area contributed by atoms with Crippen molar-refractivity contribution < 1.29 is 8.42 Å². The number of piperidine rings is 1. The predicted molar refractivity (Wildman–Crippen MR) is 119 cm³/mol. The SMILES string of the molecule is O=S(=O)(c1ccccc1Br)C1CCN(c2nc(-c3ccc(Cl)cc3)cs2)CC1. The highest BCUT2D eigenvalue weighted by Crippen LogP contribution is 2.33. The molecule has 28 heavy (non-hydrogen) atoms. The molecular formula is C20H18BrClN2O2S2. The molecule has 8 heteroatoms. The number of hydrogen-bond donors (Lipinski definition) is 0. The molecule has 1 aliphatic rings. The summed E-state index contributed by atoms with van der Waals surface area (Å²) in [6.45, 7) is 1.36. The van der Waals surface area contributed by atoms with Crippen LogP contribution >= 0.6 is 38.9 Å². The molecule has 3 aromatic rings. The Morgan fingerprint density at radius 2 is 1.75 bits per heavy atom. The number of anilines is 1. The zero-order valence-electron chi connectivity index (χ0n) is 14.9. The van der Waals surface area contributed by atoms with Gasteiger partial charge in [-0.25, -0.2) is 13.4 Å². The van der Waals surface area contributed by atoms with Crippen LogP contribution in [-0.4, -0.2) is 31.7 Å². The topological polar surface area (TPSA) is 50.3 Å². The van der Waals surface area contributed by atoms with Gasteiger partial charge in [-0.2, -0.15) is 0 Å². The number of sulfone groups is 1. The van der Waals surface area contributed by atoms with Crippen LogP contribution in [-0.2, 0) is 9.84 Å². The second-order valence-corrected chi connectivity index (χ2v) is 11.0. The van der Waals surface area contributed by atoms with Gasteiger partial charge in [0.25, 0.3) is 0 Å². The zero-order chi connectivity index (χ0) is 19.7. The monoisotopic (exact) mass is 496 g/mol. The third-order valence-electron chi connectivity index (χ3n) is 4.93. The van der Waals surface area contributed by atoms with E-state index in [-0.39, 0.29) is 5.25 Å². The summed E-state index contributed by atoms with van der Waals surface area (Å²) in [6.07, 6.45) is 1.19. The lowest BCUT2D eigenvalue weighted by atomic mass is 10.1. The van der Waals surface area contributed by atoms with Crippen molar-refractivity contribution in [3.63, 3.8) is 0 Å². The fourth-order valence-corrected chi connectivity index (χ4v) is 7.15. The van der Waals surface area contributed by atoms with Gasteiger partial charge in [0.2, 0.25) is 0 Å². The van der Waals surface area contributed by atoms with Crippen LogP contribution in [0.5, 0.6) is 0 Å². The Morgan fingerprint density at radius 3 is 2.43 bits per heavy atom. The smallest absolute Gasteiger partial charge is 0.185 e. The van der Waals surface area contributed by atoms with E-state index in [1.54, 1.807) is 29.5 Å². The molecule has 0 N–H and O–H groups in total. The molecule has 4 rings (SSSR count). The summed E-state index contributed by atoms with van der Waals surface area (Å²) in [7, 11) is -3.34. The average Bonchev–Trinajstić information content (AvgIpc) is 3.19. The number of rotatable bonds is 4. The number of thiazole rings is 1. The maximum Gasteiger partial charge on any atom is 0.185 e. The third-order valence-corrected chi connectivity index (χ3v) is 9.35. The lowest BCUT2D eigenvalue weighted by Gasteiger charge is -2.31. The molecule has 0 amide bonds. The minimum atomic E-state index is -3.34. The van der Waals surface area contributed by atoms with E-state index in [0.29, 0.717) is 40.3 Å². The van der Waals surface area contributed by atoms with Gasteiger partial charge in [-0.1, -0.05) is 35.9 Å². The van der Waals surface area contributed by atoms with Crippen LogP contribution in [0.25, 0.3) is 11.3 Å². The molecule has 0 radical (unpaired) electrons. The molecule has 0 bridgehead atoms. The quantitative estimate of drug-likeness (QED) is 0.466. The predicted octanol–water partition coefficient (Wildman–Crippen LogP) is 5.67. The van der Waals surface area contributed by atoms with E-state index in [1.165, 1.54) is 0 Å². The Bertz CT molecular complexity index is 1080. The third kappa shape index (κ3) is 3.99. The molecule has 146 valence electrons. The van der Waals surface area contributed by atoms with Crippen LogP contribution in [0.1, 0.15) is 12.8 Å². The van der Waals surface area contributed by atoms with Gasteiger partial charge in [0.05, 0.1) is 15.8 Å². The number of aromatic nitrogens is 1. The van der Waals surface area contributed by atoms with Crippen molar-refractivity contribution in [1.82, 2.24) is 4.98 Å². The first kappa shape index (κ1) is 19.9. The highest BCUT2D eigenvalue weighted by molar-refractivity contribution is 9.10. The lowest BCUT2D eigenvalue weighted by molar-refractivity contribution is 0.529. The Balaban J connectivity index is 1.46. The molecule has 0 saturated carbocycles. The van der Waals surface area contributed by atoms with Crippen LogP contribution in [0.4, 0.5) is 5.13 Å². The number of halogens is 2. The van der Waals surface area contributed by atoms with E-state index in [1.807, 2.05) is 35.7 Å². The van der Waals surface area contributed by atoms with E-state index >= 15 is 0 Å². The lowest BCUT2D eigenvalue weighted by Crippen LogP contribution is -2.39. The Kier molecular flexibility index (Phi) is 5.78. The minimum absolute atomic E-state index is 0.363. The number of nitrogens with zero attached hydrogens (tertiary/aromatic N) is 2. The molecule has 2 aromatic carbocycles. The fourth-order valence-electron chi connectivity index (χ4n) is 3.38. The van der Waals surface area contributed by atoms with Crippen molar-refractivity contribution in [1.29, 1.82) is 0 Å². The van der Waals surface area contributed by atoms with Crippen molar-refractivity contribution in [2.24, 2.45) is 0 Å². The summed E-state index contributed by atoms with van der Waals surface area (Å²) in [6, 6.07) is 14.7. The molecule has 4 nitrogen and oxygen atoms in total. The first-order chi connectivity index (χ1) is 13.4. The molecule has 1 aliphatic heterocycles. The number of hydrogen-bond acceptors (Lipinski definition) is 5. The highest BCUT2D eigenvalue weighted by Gasteiger charge is 2.33. The summed E-state index contributed by atoms with van der Waals surface area (Å²) >= 11 is 10.9. The molecule has 0 aliphatic carbocycles. The summed E-state index contributed by atoms with van der Waals surface area (Å²) in [4.78, 5) is 7.30. The summed E-state index contributed by atoms with van der Waals surface area (Å²) in [5, 5.41) is 3.30. The van der Waals surface area contributed by atoms with E-state index < -0.39 is 9.84 Å². The van der Waals surface area contributed by atoms with Gasteiger partial charge in [0.1, 0.15) is 0 Å². The summed E-state index contributed by atoms with van der Waals surface area (Å²) in [5.41, 5.74) is 1.94. The fraction of sp³-hybridized carbons (Fsp3) is 0.250. The Morgan fingerprint density at radius 1 is 1.07 bits per heavy atom. The van der Waals surface area contributed by atoms with Crippen molar-refractivity contribution >= 4 is 53.8 Å². The van der Waals surface area contributed by atoms with E-state index in [9.17, 15) is 8.42 Å². The van der Waals surface area contributed by atoms with Crippen molar-refractivity contribution in [3.8, 4) is 11.3 Å². The van der Waals surface area contributed by atoms with Gasteiger partial charge in [0, 0.05) is 33.5 Å². The molecule has 0 spiro atoms. The largest absolute Gasteiger partial charge is 0.348 e. The Hall–Kier alpha value is -1.41. The van der Waals surface area contributed by atoms with Gasteiger partial charge < -0.3 is 4.90 Å². The van der Waals surface area contributed by atoms with Crippen molar-refractivity contribution in [2.75, 3.05) is 18.0 Å². The molecule has 0 unspecified atom stereocenters. The second-order valence-electron chi connectivity index (χ2n) is 6.68. The van der Waals surface area contributed by atoms with Crippen LogP contribution in [0, 0.1) is 0 Å². The normalized spacial score (nSPS) is 15.7. The van der Waals surface area contributed by atoms with Crippen LogP contribution in [0.15, 0.2) is 63.3 Å². The summed E-state index contributed by atoms with van der Waals surface area (Å²) < 4.78 is 26.6. The van der Waals surface area contributed by atoms with Gasteiger partial charge in [0.15, 0.2) is 15.0 Å². The maximum atomic E-state index is 13.0. The molecule has 1 saturated heterocycles. The van der Waals surface area contributed by atoms with Crippen LogP contribution in [0.2, 0.25) is 5.02 Å². The average molecular weight is 498 g/mol. The molecular weight excluding hydrogens is 480 g/mol. The van der Waals surface area contributed by atoms with Gasteiger partial charge in [-0.15, -0.1) is 11.3 Å². The number of benzene rings is 2. The van der Waals surface area contributed by atoms with Gasteiger partial charge in [-0.05, 0) is 53.0 Å². The van der Waals surface area contributed by atoms with Crippen LogP contribution in [0.3, 0.4) is 0 Å². The molecule has 1 aromatic heterocycles. The first-order valence-corrected chi connectivity index (χ1v) is 12.5. The molecule has 2 heterocycles. The zero-order valence-corrected chi connectivity index (χ0v) is 18.9. The molecule has 1 fully saturated rings. The van der Waals surface area contributed by atoms with Crippen molar-refractivity contribution in [2.45, 2.75) is 23.0 Å². The maximum absolute atomic E-state index is 13.0. The highest BCUT2D eigenvalue weighted by atomic mass is 79.9. The standard InChI is InChI=1S/C20H18BrClN2O2S2/c21-17-3-1-2-4-19(17)28(25,26)16-9-11-24(12-10-16)20-23-18(13-27-20)14-5-7-15(22)8-6-14/h1-8,13,16H,9-12H2. The molecule has 0 atom stereocenters. The van der Waals surface area contributed by atoms with Gasteiger partial charge in [-0.3, -0.25) is 0 Å². The first-order valence-electron chi connectivity index (χ1n) is 8.90. The van der Waals surface area contributed by atoms with E-state index in [4.69, 9.17) is 16.6 Å². The van der Waals surface area contributed by atoms with E-state index in [0.717, 1.165) is 16.4 Å². The minimum Gasteiger partial charge on any atom is -0.348 e. The Labute approximate surface area is 182 Å². The van der Waals surface area contributed by atoms with Gasteiger partial charge >= 0.3 is 0 Å². The van der Waals surface area contributed by atoms with Crippen LogP contribution < -0.4 is 4.90 Å². The van der Waals surface area contributed by atoms with E-state index in [2.05, 4.69) is 20.8 Å². The second kappa shape index (κ2) is 8.14.